The zero-order chi connectivity index (χ0) is 12.4. The molecule has 5 nitrogen and oxygen atoms in total. The summed E-state index contributed by atoms with van der Waals surface area (Å²) in [6.07, 6.45) is 5.14. The van der Waals surface area contributed by atoms with Crippen molar-refractivity contribution in [1.82, 2.24) is 14.8 Å². The minimum atomic E-state index is -0.370. The molecular formula is C10H11BrN4OS. The minimum Gasteiger partial charge on any atom is -0.300 e. The molecule has 0 spiro atoms. The lowest BCUT2D eigenvalue weighted by molar-refractivity contribution is -0.119. The number of nitrogens with zero attached hydrogens (tertiary/aromatic N) is 3. The fourth-order valence-corrected chi connectivity index (χ4v) is 2.24. The first-order chi connectivity index (χ1) is 8.06. The summed E-state index contributed by atoms with van der Waals surface area (Å²) in [6.45, 7) is 3.73. The van der Waals surface area contributed by atoms with Gasteiger partial charge >= 0.3 is 0 Å². The van der Waals surface area contributed by atoms with Crippen molar-refractivity contribution in [1.29, 1.82) is 0 Å². The average molecular weight is 315 g/mol. The molecule has 0 aliphatic heterocycles. The second kappa shape index (κ2) is 4.97. The van der Waals surface area contributed by atoms with E-state index in [2.05, 4.69) is 31.3 Å². The van der Waals surface area contributed by atoms with E-state index in [0.717, 1.165) is 9.35 Å². The van der Waals surface area contributed by atoms with E-state index in [9.17, 15) is 4.79 Å². The first-order valence-electron chi connectivity index (χ1n) is 4.99. The van der Waals surface area contributed by atoms with Gasteiger partial charge in [-0.1, -0.05) is 0 Å². The number of aryl methyl sites for hydroxylation is 1. The fourth-order valence-electron chi connectivity index (χ4n) is 1.27. The van der Waals surface area contributed by atoms with Crippen molar-refractivity contribution in [3.63, 3.8) is 0 Å². The molecule has 0 aromatic carbocycles. The molecule has 0 fully saturated rings. The highest BCUT2D eigenvalue weighted by molar-refractivity contribution is 9.10. The number of nitrogens with one attached hydrogen (secondary N) is 1. The van der Waals surface area contributed by atoms with Crippen molar-refractivity contribution in [3.05, 3.63) is 27.9 Å². The van der Waals surface area contributed by atoms with Crippen LogP contribution in [-0.4, -0.2) is 20.7 Å². The van der Waals surface area contributed by atoms with Crippen molar-refractivity contribution in [2.75, 3.05) is 5.32 Å². The van der Waals surface area contributed by atoms with E-state index in [-0.39, 0.29) is 11.9 Å². The first-order valence-corrected chi connectivity index (χ1v) is 6.60. The molecule has 1 unspecified atom stereocenters. The normalized spacial score (nSPS) is 12.4. The molecule has 17 heavy (non-hydrogen) atoms. The molecule has 2 heterocycles. The topological polar surface area (TPSA) is 59.8 Å². The predicted molar refractivity (Wildman–Crippen MR) is 70.1 cm³/mol. The quantitative estimate of drug-likeness (QED) is 0.947. The molecule has 90 valence electrons. The van der Waals surface area contributed by atoms with Gasteiger partial charge in [-0.3, -0.25) is 9.48 Å². The van der Waals surface area contributed by atoms with Crippen LogP contribution in [0.2, 0.25) is 0 Å². The molecular weight excluding hydrogens is 304 g/mol. The summed E-state index contributed by atoms with van der Waals surface area (Å²) in [4.78, 5) is 17.1. The molecule has 0 aliphatic carbocycles. The van der Waals surface area contributed by atoms with Crippen LogP contribution in [0.4, 0.5) is 5.13 Å². The number of amides is 1. The molecule has 7 heteroatoms. The first kappa shape index (κ1) is 12.3. The van der Waals surface area contributed by atoms with Gasteiger partial charge in [-0.2, -0.15) is 5.10 Å². The summed E-state index contributed by atoms with van der Waals surface area (Å²) in [5.74, 6) is -0.130. The van der Waals surface area contributed by atoms with E-state index >= 15 is 0 Å². The highest BCUT2D eigenvalue weighted by Gasteiger charge is 2.16. The monoisotopic (exact) mass is 314 g/mol. The summed E-state index contributed by atoms with van der Waals surface area (Å²) >= 11 is 4.75. The van der Waals surface area contributed by atoms with Crippen LogP contribution in [0.25, 0.3) is 0 Å². The van der Waals surface area contributed by atoms with Gasteiger partial charge in [-0.25, -0.2) is 4.98 Å². The molecule has 0 bridgehead atoms. The average Bonchev–Trinajstić information content (AvgIpc) is 2.87. The van der Waals surface area contributed by atoms with E-state index in [1.165, 1.54) is 11.3 Å². The van der Waals surface area contributed by atoms with Crippen molar-refractivity contribution < 1.29 is 4.79 Å². The zero-order valence-electron chi connectivity index (χ0n) is 9.35. The van der Waals surface area contributed by atoms with Crippen LogP contribution in [0.1, 0.15) is 17.8 Å². The summed E-state index contributed by atoms with van der Waals surface area (Å²) < 4.78 is 2.45. The van der Waals surface area contributed by atoms with Gasteiger partial charge in [-0.05, 0) is 29.8 Å². The fraction of sp³-hybridized carbons (Fsp3) is 0.300. The summed E-state index contributed by atoms with van der Waals surface area (Å²) in [6, 6.07) is -0.370. The van der Waals surface area contributed by atoms with E-state index in [4.69, 9.17) is 0 Å². The van der Waals surface area contributed by atoms with Gasteiger partial charge in [0.2, 0.25) is 0 Å². The number of aromatic nitrogens is 3. The molecule has 0 saturated carbocycles. The van der Waals surface area contributed by atoms with Gasteiger partial charge < -0.3 is 5.32 Å². The van der Waals surface area contributed by atoms with Gasteiger partial charge in [0.15, 0.2) is 5.13 Å². The van der Waals surface area contributed by atoms with Crippen LogP contribution in [0.15, 0.2) is 23.1 Å². The molecule has 2 aromatic rings. The van der Waals surface area contributed by atoms with E-state index in [0.29, 0.717) is 5.13 Å². The second-order valence-corrected chi connectivity index (χ2v) is 5.73. The van der Waals surface area contributed by atoms with Crippen LogP contribution < -0.4 is 5.32 Å². The number of halogens is 1. The maximum Gasteiger partial charge on any atom is 0.250 e. The van der Waals surface area contributed by atoms with Gasteiger partial charge in [0.25, 0.3) is 5.91 Å². The number of hydrogen-bond donors (Lipinski definition) is 1. The lowest BCUT2D eigenvalue weighted by Crippen LogP contribution is -2.23. The van der Waals surface area contributed by atoms with Crippen LogP contribution in [0.3, 0.4) is 0 Å². The van der Waals surface area contributed by atoms with E-state index in [1.54, 1.807) is 30.2 Å². The lowest BCUT2D eigenvalue weighted by Gasteiger charge is -2.10. The Morgan fingerprint density at radius 2 is 2.35 bits per heavy atom. The Kier molecular flexibility index (Phi) is 3.58. The molecule has 0 radical (unpaired) electrons. The number of anilines is 1. The minimum absolute atomic E-state index is 0.130. The Morgan fingerprint density at radius 1 is 1.59 bits per heavy atom. The van der Waals surface area contributed by atoms with Gasteiger partial charge in [0.1, 0.15) is 6.04 Å². The highest BCUT2D eigenvalue weighted by atomic mass is 79.9. The van der Waals surface area contributed by atoms with Gasteiger partial charge in [0.05, 0.1) is 10.7 Å². The van der Waals surface area contributed by atoms with E-state index in [1.807, 2.05) is 6.92 Å². The Balaban J connectivity index is 2.05. The molecule has 1 atom stereocenters. The third-order valence-corrected chi connectivity index (χ3v) is 3.44. The maximum atomic E-state index is 11.9. The SMILES string of the molecule is Cc1cnc(NC(=O)C(C)n2cc(Br)cn2)s1. The van der Waals surface area contributed by atoms with Crippen molar-refractivity contribution >= 4 is 38.3 Å². The zero-order valence-corrected chi connectivity index (χ0v) is 11.7. The summed E-state index contributed by atoms with van der Waals surface area (Å²) in [7, 11) is 0. The Hall–Kier alpha value is -1.21. The number of rotatable bonds is 3. The predicted octanol–water partition coefficient (Wildman–Crippen LogP) is 2.61. The largest absolute Gasteiger partial charge is 0.300 e. The Labute approximate surface area is 111 Å². The van der Waals surface area contributed by atoms with Crippen LogP contribution >= 0.6 is 27.3 Å². The Bertz CT molecular complexity index is 536. The smallest absolute Gasteiger partial charge is 0.250 e. The van der Waals surface area contributed by atoms with Crippen molar-refractivity contribution in [2.45, 2.75) is 19.9 Å². The molecule has 1 amide bonds. The summed E-state index contributed by atoms with van der Waals surface area (Å²) in [5, 5.41) is 7.45. The molecule has 0 aliphatic rings. The Morgan fingerprint density at radius 3 is 2.88 bits per heavy atom. The maximum absolute atomic E-state index is 11.9. The number of hydrogen-bond acceptors (Lipinski definition) is 4. The third kappa shape index (κ3) is 2.92. The van der Waals surface area contributed by atoms with Crippen LogP contribution in [-0.2, 0) is 4.79 Å². The van der Waals surface area contributed by atoms with Gasteiger partial charge in [0, 0.05) is 17.3 Å². The van der Waals surface area contributed by atoms with Crippen LogP contribution in [0, 0.1) is 6.92 Å². The van der Waals surface area contributed by atoms with Crippen molar-refractivity contribution in [3.8, 4) is 0 Å². The molecule has 2 aromatic heterocycles. The standard InChI is InChI=1S/C10H11BrN4OS/c1-6-3-12-10(17-6)14-9(16)7(2)15-5-8(11)4-13-15/h3-5,7H,1-2H3,(H,12,14,16). The van der Waals surface area contributed by atoms with Gasteiger partial charge in [-0.15, -0.1) is 11.3 Å². The lowest BCUT2D eigenvalue weighted by atomic mass is 10.3. The molecule has 0 saturated heterocycles. The molecule has 1 N–H and O–H groups in total. The van der Waals surface area contributed by atoms with E-state index < -0.39 is 0 Å². The highest BCUT2D eigenvalue weighted by Crippen LogP contribution is 2.18. The summed E-state index contributed by atoms with van der Waals surface area (Å²) in [5.41, 5.74) is 0. The number of carbonyl (C=O) groups excluding carboxylic acids is 1. The van der Waals surface area contributed by atoms with Crippen molar-refractivity contribution in [2.24, 2.45) is 0 Å². The molecule has 2 rings (SSSR count). The third-order valence-electron chi connectivity index (χ3n) is 2.20. The number of carbonyl (C=O) groups is 1. The number of thiazole rings is 1. The second-order valence-electron chi connectivity index (χ2n) is 3.58. The van der Waals surface area contributed by atoms with Crippen LogP contribution in [0.5, 0.6) is 0 Å².